The van der Waals surface area contributed by atoms with E-state index >= 15 is 0 Å². The van der Waals surface area contributed by atoms with Crippen LogP contribution < -0.4 is 10.1 Å². The Morgan fingerprint density at radius 1 is 1.39 bits per heavy atom. The fourth-order valence-electron chi connectivity index (χ4n) is 1.46. The maximum absolute atomic E-state index is 13.3. The van der Waals surface area contributed by atoms with Crippen LogP contribution in [-0.2, 0) is 0 Å². The molecule has 92 valence electrons. The number of methoxy groups -OCH3 is 1. The van der Waals surface area contributed by atoms with E-state index in [0.29, 0.717) is 11.4 Å². The van der Waals surface area contributed by atoms with E-state index in [-0.39, 0.29) is 5.56 Å². The molecule has 0 bridgehead atoms. The normalized spacial score (nSPS) is 9.89. The molecule has 0 atom stereocenters. The summed E-state index contributed by atoms with van der Waals surface area (Å²) < 4.78 is 18.4. The van der Waals surface area contributed by atoms with Crippen LogP contribution in [0.25, 0.3) is 0 Å². The Hall–Kier alpha value is -2.43. The first-order valence-corrected chi connectivity index (χ1v) is 5.25. The van der Waals surface area contributed by atoms with E-state index in [1.165, 1.54) is 19.4 Å². The summed E-state index contributed by atoms with van der Waals surface area (Å²) in [5.74, 6) is -0.566. The van der Waals surface area contributed by atoms with Crippen molar-refractivity contribution in [3.05, 3.63) is 54.1 Å². The van der Waals surface area contributed by atoms with Gasteiger partial charge in [-0.05, 0) is 18.2 Å². The van der Waals surface area contributed by atoms with Crippen molar-refractivity contribution in [2.45, 2.75) is 0 Å². The minimum atomic E-state index is -0.655. The van der Waals surface area contributed by atoms with Crippen molar-refractivity contribution in [2.24, 2.45) is 0 Å². The van der Waals surface area contributed by atoms with Gasteiger partial charge in [-0.2, -0.15) is 0 Å². The molecule has 0 saturated carbocycles. The minimum Gasteiger partial charge on any atom is -0.497 e. The largest absolute Gasteiger partial charge is 0.497 e. The predicted octanol–water partition coefficient (Wildman–Crippen LogP) is 2.48. The average Bonchev–Trinajstić information content (AvgIpc) is 2.39. The summed E-state index contributed by atoms with van der Waals surface area (Å²) in [5.41, 5.74) is 0.489. The maximum atomic E-state index is 13.3. The molecule has 0 spiro atoms. The lowest BCUT2D eigenvalue weighted by Gasteiger charge is -2.07. The zero-order chi connectivity index (χ0) is 13.0. The number of halogens is 1. The van der Waals surface area contributed by atoms with Gasteiger partial charge in [-0.1, -0.05) is 6.07 Å². The maximum Gasteiger partial charge on any atom is 0.258 e. The summed E-state index contributed by atoms with van der Waals surface area (Å²) in [4.78, 5) is 15.4. The van der Waals surface area contributed by atoms with Crippen LogP contribution in [0.3, 0.4) is 0 Å². The average molecular weight is 246 g/mol. The number of anilines is 1. The van der Waals surface area contributed by atoms with E-state index in [9.17, 15) is 9.18 Å². The lowest BCUT2D eigenvalue weighted by molar-refractivity contribution is 0.102. The van der Waals surface area contributed by atoms with Crippen LogP contribution in [0.5, 0.6) is 5.75 Å². The van der Waals surface area contributed by atoms with E-state index in [1.54, 1.807) is 24.3 Å². The molecule has 1 aromatic heterocycles. The molecule has 1 N–H and O–H groups in total. The van der Waals surface area contributed by atoms with Gasteiger partial charge in [-0.25, -0.2) is 4.39 Å². The van der Waals surface area contributed by atoms with Crippen LogP contribution in [0.15, 0.2) is 42.7 Å². The Morgan fingerprint density at radius 3 is 2.94 bits per heavy atom. The molecule has 18 heavy (non-hydrogen) atoms. The van der Waals surface area contributed by atoms with Crippen molar-refractivity contribution in [3.63, 3.8) is 0 Å². The summed E-state index contributed by atoms with van der Waals surface area (Å²) in [6.45, 7) is 0. The third kappa shape index (κ3) is 2.63. The van der Waals surface area contributed by atoms with E-state index in [2.05, 4.69) is 10.3 Å². The SMILES string of the molecule is COc1cccc(NC(=O)c2ccncc2F)c1. The first-order valence-electron chi connectivity index (χ1n) is 5.25. The number of carbonyl (C=O) groups excluding carboxylic acids is 1. The highest BCUT2D eigenvalue weighted by atomic mass is 19.1. The number of carbonyl (C=O) groups is 1. The summed E-state index contributed by atoms with van der Waals surface area (Å²) in [6, 6.07) is 8.15. The zero-order valence-electron chi connectivity index (χ0n) is 9.68. The Morgan fingerprint density at radius 2 is 2.22 bits per heavy atom. The molecule has 0 fully saturated rings. The van der Waals surface area contributed by atoms with Crippen LogP contribution in [-0.4, -0.2) is 18.0 Å². The van der Waals surface area contributed by atoms with Gasteiger partial charge in [-0.3, -0.25) is 9.78 Å². The van der Waals surface area contributed by atoms with Crippen molar-refractivity contribution in [3.8, 4) is 5.75 Å². The highest BCUT2D eigenvalue weighted by molar-refractivity contribution is 6.04. The van der Waals surface area contributed by atoms with E-state index < -0.39 is 11.7 Å². The Balaban J connectivity index is 2.19. The first kappa shape index (κ1) is 12.0. The molecule has 1 amide bonds. The summed E-state index contributed by atoms with van der Waals surface area (Å²) >= 11 is 0. The molecular weight excluding hydrogens is 235 g/mol. The molecule has 0 unspecified atom stereocenters. The number of aromatic nitrogens is 1. The third-order valence-electron chi connectivity index (χ3n) is 2.34. The number of nitrogens with zero attached hydrogens (tertiary/aromatic N) is 1. The number of pyridine rings is 1. The molecule has 0 aliphatic carbocycles. The van der Waals surface area contributed by atoms with Crippen LogP contribution >= 0.6 is 0 Å². The van der Waals surface area contributed by atoms with Gasteiger partial charge >= 0.3 is 0 Å². The molecule has 0 saturated heterocycles. The monoisotopic (exact) mass is 246 g/mol. The fourth-order valence-corrected chi connectivity index (χ4v) is 1.46. The summed E-state index contributed by atoms with van der Waals surface area (Å²) in [5, 5.41) is 2.59. The Kier molecular flexibility index (Phi) is 3.52. The first-order chi connectivity index (χ1) is 8.70. The summed E-state index contributed by atoms with van der Waals surface area (Å²) in [7, 11) is 1.53. The molecule has 1 heterocycles. The standard InChI is InChI=1S/C13H11FN2O2/c1-18-10-4-2-3-9(7-10)16-13(17)11-5-6-15-8-12(11)14/h2-8H,1H3,(H,16,17). The highest BCUT2D eigenvalue weighted by Gasteiger charge is 2.11. The van der Waals surface area contributed by atoms with E-state index in [0.717, 1.165) is 6.20 Å². The van der Waals surface area contributed by atoms with Crippen LogP contribution in [0.2, 0.25) is 0 Å². The smallest absolute Gasteiger partial charge is 0.258 e. The van der Waals surface area contributed by atoms with Gasteiger partial charge in [0.05, 0.1) is 18.9 Å². The Labute approximate surface area is 103 Å². The number of hydrogen-bond donors (Lipinski definition) is 1. The molecule has 0 aliphatic heterocycles. The van der Waals surface area contributed by atoms with Gasteiger partial charge in [0.15, 0.2) is 5.82 Å². The van der Waals surface area contributed by atoms with E-state index in [4.69, 9.17) is 4.74 Å². The Bertz CT molecular complexity index is 572. The van der Waals surface area contributed by atoms with Gasteiger partial charge in [0.25, 0.3) is 5.91 Å². The number of nitrogens with one attached hydrogen (secondary N) is 1. The third-order valence-corrected chi connectivity index (χ3v) is 2.34. The number of hydrogen-bond acceptors (Lipinski definition) is 3. The van der Waals surface area contributed by atoms with Gasteiger partial charge in [0, 0.05) is 18.0 Å². The number of amides is 1. The molecule has 1 aromatic carbocycles. The number of ether oxygens (including phenoxy) is 1. The minimum absolute atomic E-state index is 0.0483. The quantitative estimate of drug-likeness (QED) is 0.905. The van der Waals surface area contributed by atoms with Crippen molar-refractivity contribution in [2.75, 3.05) is 12.4 Å². The van der Waals surface area contributed by atoms with Crippen molar-refractivity contribution in [1.82, 2.24) is 4.98 Å². The lowest BCUT2D eigenvalue weighted by Crippen LogP contribution is -2.13. The summed E-state index contributed by atoms with van der Waals surface area (Å²) in [6.07, 6.45) is 2.37. The molecular formula is C13H11FN2O2. The second-order valence-corrected chi connectivity index (χ2v) is 3.54. The van der Waals surface area contributed by atoms with Crippen LogP contribution in [0.4, 0.5) is 10.1 Å². The number of rotatable bonds is 3. The topological polar surface area (TPSA) is 51.2 Å². The second kappa shape index (κ2) is 5.27. The van der Waals surface area contributed by atoms with Crippen LogP contribution in [0.1, 0.15) is 10.4 Å². The van der Waals surface area contributed by atoms with Gasteiger partial charge in [-0.15, -0.1) is 0 Å². The van der Waals surface area contributed by atoms with Gasteiger partial charge in [0.1, 0.15) is 5.75 Å². The molecule has 4 nitrogen and oxygen atoms in total. The van der Waals surface area contributed by atoms with Crippen molar-refractivity contribution in [1.29, 1.82) is 0 Å². The van der Waals surface area contributed by atoms with Crippen molar-refractivity contribution >= 4 is 11.6 Å². The molecule has 0 aliphatic rings. The van der Waals surface area contributed by atoms with Crippen molar-refractivity contribution < 1.29 is 13.9 Å². The molecule has 2 aromatic rings. The highest BCUT2D eigenvalue weighted by Crippen LogP contribution is 2.17. The molecule has 0 radical (unpaired) electrons. The zero-order valence-corrected chi connectivity index (χ0v) is 9.68. The number of benzene rings is 1. The second-order valence-electron chi connectivity index (χ2n) is 3.54. The predicted molar refractivity (Wildman–Crippen MR) is 65.1 cm³/mol. The molecule has 2 rings (SSSR count). The molecule has 5 heteroatoms. The van der Waals surface area contributed by atoms with Crippen LogP contribution in [0, 0.1) is 5.82 Å². The van der Waals surface area contributed by atoms with Gasteiger partial charge < -0.3 is 10.1 Å². The van der Waals surface area contributed by atoms with Gasteiger partial charge in [0.2, 0.25) is 0 Å². The lowest BCUT2D eigenvalue weighted by atomic mass is 10.2. The fraction of sp³-hybridized carbons (Fsp3) is 0.0769. The van der Waals surface area contributed by atoms with E-state index in [1.807, 2.05) is 0 Å².